The van der Waals surface area contributed by atoms with E-state index in [1.807, 2.05) is 0 Å². The molecule has 4 heteroatoms. The summed E-state index contributed by atoms with van der Waals surface area (Å²) in [5, 5.41) is 12.6. The van der Waals surface area contributed by atoms with Crippen molar-refractivity contribution in [3.05, 3.63) is 0 Å². The molecule has 1 saturated heterocycles. The van der Waals surface area contributed by atoms with E-state index in [2.05, 4.69) is 5.32 Å². The standard InChI is InChI=1S/C14H21NO3/c16-10-4-8-14(9-5-10)11(17)13(12(18)15-14)6-2-1-3-7-13/h10,16H,1-9H2,(H,15,18). The summed E-state index contributed by atoms with van der Waals surface area (Å²) in [6.07, 6.45) is 6.72. The van der Waals surface area contributed by atoms with E-state index in [1.54, 1.807) is 0 Å². The van der Waals surface area contributed by atoms with E-state index in [1.165, 1.54) is 0 Å². The predicted octanol–water partition coefficient (Wildman–Crippen LogP) is 1.31. The average Bonchev–Trinajstić information content (AvgIpc) is 2.58. The Kier molecular flexibility index (Phi) is 2.73. The minimum absolute atomic E-state index is 0.0383. The third kappa shape index (κ3) is 1.54. The molecule has 0 aromatic heterocycles. The van der Waals surface area contributed by atoms with Crippen molar-refractivity contribution < 1.29 is 14.7 Å². The van der Waals surface area contributed by atoms with Crippen LogP contribution in [0.1, 0.15) is 57.8 Å². The molecule has 0 aromatic rings. The molecule has 2 N–H and O–H groups in total. The van der Waals surface area contributed by atoms with E-state index in [0.717, 1.165) is 32.1 Å². The number of ketones is 1. The van der Waals surface area contributed by atoms with Crippen LogP contribution in [-0.2, 0) is 9.59 Å². The molecule has 0 aromatic carbocycles. The van der Waals surface area contributed by atoms with E-state index in [4.69, 9.17) is 0 Å². The maximum absolute atomic E-state index is 12.8. The molecule has 2 spiro atoms. The maximum atomic E-state index is 12.8. The fraction of sp³-hybridized carbons (Fsp3) is 0.857. The van der Waals surface area contributed by atoms with Gasteiger partial charge in [0.05, 0.1) is 11.6 Å². The first-order valence-electron chi connectivity index (χ1n) is 7.15. The quantitative estimate of drug-likeness (QED) is 0.638. The van der Waals surface area contributed by atoms with Gasteiger partial charge < -0.3 is 10.4 Å². The van der Waals surface area contributed by atoms with Crippen LogP contribution in [0.2, 0.25) is 0 Å². The molecule has 1 aliphatic heterocycles. The van der Waals surface area contributed by atoms with Crippen LogP contribution in [0.4, 0.5) is 0 Å². The van der Waals surface area contributed by atoms with Crippen molar-refractivity contribution in [1.29, 1.82) is 0 Å². The summed E-state index contributed by atoms with van der Waals surface area (Å²) in [6.45, 7) is 0. The van der Waals surface area contributed by atoms with E-state index in [0.29, 0.717) is 25.7 Å². The number of amides is 1. The molecule has 3 aliphatic rings. The summed E-state index contributed by atoms with van der Waals surface area (Å²) in [4.78, 5) is 25.1. The Morgan fingerprint density at radius 1 is 1.00 bits per heavy atom. The smallest absolute Gasteiger partial charge is 0.234 e. The molecule has 100 valence electrons. The Morgan fingerprint density at radius 3 is 2.22 bits per heavy atom. The molecular weight excluding hydrogens is 230 g/mol. The van der Waals surface area contributed by atoms with Crippen molar-refractivity contribution in [3.8, 4) is 0 Å². The van der Waals surface area contributed by atoms with Crippen molar-refractivity contribution in [2.75, 3.05) is 0 Å². The van der Waals surface area contributed by atoms with Gasteiger partial charge in [-0.15, -0.1) is 0 Å². The average molecular weight is 251 g/mol. The van der Waals surface area contributed by atoms with Gasteiger partial charge in [-0.2, -0.15) is 0 Å². The number of hydrogen-bond donors (Lipinski definition) is 2. The molecule has 3 fully saturated rings. The van der Waals surface area contributed by atoms with Gasteiger partial charge in [0.15, 0.2) is 5.78 Å². The van der Waals surface area contributed by atoms with E-state index >= 15 is 0 Å². The maximum Gasteiger partial charge on any atom is 0.234 e. The zero-order valence-electron chi connectivity index (χ0n) is 10.7. The van der Waals surface area contributed by atoms with Gasteiger partial charge in [0, 0.05) is 0 Å². The van der Waals surface area contributed by atoms with E-state index in [9.17, 15) is 14.7 Å². The summed E-state index contributed by atoms with van der Waals surface area (Å²) < 4.78 is 0. The molecule has 0 unspecified atom stereocenters. The van der Waals surface area contributed by atoms with Crippen LogP contribution < -0.4 is 5.32 Å². The van der Waals surface area contributed by atoms with Crippen molar-refractivity contribution in [1.82, 2.24) is 5.32 Å². The third-order valence-electron chi connectivity index (χ3n) is 5.17. The van der Waals surface area contributed by atoms with Crippen LogP contribution in [0, 0.1) is 5.41 Å². The summed E-state index contributed by atoms with van der Waals surface area (Å²) >= 11 is 0. The zero-order valence-corrected chi connectivity index (χ0v) is 10.7. The SMILES string of the molecule is O=C1NC2(CCC(O)CC2)C(=O)C12CCCCC2. The van der Waals surface area contributed by atoms with Gasteiger partial charge in [-0.1, -0.05) is 19.3 Å². The lowest BCUT2D eigenvalue weighted by molar-refractivity contribution is -0.139. The highest BCUT2D eigenvalue weighted by Crippen LogP contribution is 2.48. The Hall–Kier alpha value is -0.900. The number of aliphatic hydroxyl groups is 1. The first kappa shape index (κ1) is 12.2. The number of nitrogens with one attached hydrogen (secondary N) is 1. The lowest BCUT2D eigenvalue weighted by Gasteiger charge is -2.36. The first-order valence-corrected chi connectivity index (χ1v) is 7.15. The lowest BCUT2D eigenvalue weighted by atomic mass is 9.66. The molecule has 1 heterocycles. The fourth-order valence-electron chi connectivity index (χ4n) is 4.01. The second kappa shape index (κ2) is 4.05. The first-order chi connectivity index (χ1) is 8.59. The number of carbonyl (C=O) groups excluding carboxylic acids is 2. The Morgan fingerprint density at radius 2 is 1.61 bits per heavy atom. The topological polar surface area (TPSA) is 66.4 Å². The van der Waals surface area contributed by atoms with E-state index < -0.39 is 11.0 Å². The van der Waals surface area contributed by atoms with Gasteiger partial charge in [0.25, 0.3) is 0 Å². The number of Topliss-reactive ketones (excluding diaryl/α,β-unsaturated/α-hetero) is 1. The highest BCUT2D eigenvalue weighted by Gasteiger charge is 2.62. The van der Waals surface area contributed by atoms with Crippen LogP contribution in [0.25, 0.3) is 0 Å². The highest BCUT2D eigenvalue weighted by atomic mass is 16.3. The van der Waals surface area contributed by atoms with Gasteiger partial charge in [-0.3, -0.25) is 9.59 Å². The summed E-state index contributed by atoms with van der Waals surface area (Å²) in [5.41, 5.74) is -1.37. The fourth-order valence-corrected chi connectivity index (χ4v) is 4.01. The Labute approximate surface area is 107 Å². The summed E-state index contributed by atoms with van der Waals surface area (Å²) in [5.74, 6) is 0.0928. The normalized spacial score (nSPS) is 39.3. The highest BCUT2D eigenvalue weighted by molar-refractivity contribution is 6.16. The predicted molar refractivity (Wildman–Crippen MR) is 65.9 cm³/mol. The minimum Gasteiger partial charge on any atom is -0.393 e. The molecule has 1 amide bonds. The van der Waals surface area contributed by atoms with Crippen molar-refractivity contribution in [2.45, 2.75) is 69.4 Å². The third-order valence-corrected chi connectivity index (χ3v) is 5.17. The van der Waals surface area contributed by atoms with Crippen molar-refractivity contribution >= 4 is 11.7 Å². The second-order valence-electron chi connectivity index (χ2n) is 6.24. The molecule has 2 aliphatic carbocycles. The van der Waals surface area contributed by atoms with Crippen LogP contribution in [0.5, 0.6) is 0 Å². The number of carbonyl (C=O) groups is 2. The van der Waals surface area contributed by atoms with Crippen molar-refractivity contribution in [3.63, 3.8) is 0 Å². The number of aliphatic hydroxyl groups excluding tert-OH is 1. The zero-order chi connectivity index (χ0) is 12.8. The van der Waals surface area contributed by atoms with Crippen LogP contribution in [0.15, 0.2) is 0 Å². The monoisotopic (exact) mass is 251 g/mol. The van der Waals surface area contributed by atoms with Crippen molar-refractivity contribution in [2.24, 2.45) is 5.41 Å². The van der Waals surface area contributed by atoms with Gasteiger partial charge in [0.1, 0.15) is 5.41 Å². The van der Waals surface area contributed by atoms with Gasteiger partial charge >= 0.3 is 0 Å². The lowest BCUT2D eigenvalue weighted by Crippen LogP contribution is -2.50. The molecule has 0 bridgehead atoms. The van der Waals surface area contributed by atoms with Gasteiger partial charge in [-0.05, 0) is 38.5 Å². The molecule has 0 radical (unpaired) electrons. The molecule has 4 nitrogen and oxygen atoms in total. The van der Waals surface area contributed by atoms with Crippen LogP contribution in [-0.4, -0.2) is 28.4 Å². The molecule has 0 atom stereocenters. The second-order valence-corrected chi connectivity index (χ2v) is 6.24. The summed E-state index contributed by atoms with van der Waals surface area (Å²) in [6, 6.07) is 0. The van der Waals surface area contributed by atoms with Gasteiger partial charge in [-0.25, -0.2) is 0 Å². The number of hydrogen-bond acceptors (Lipinski definition) is 3. The molecule has 3 rings (SSSR count). The Balaban J connectivity index is 1.88. The van der Waals surface area contributed by atoms with Crippen LogP contribution >= 0.6 is 0 Å². The largest absolute Gasteiger partial charge is 0.393 e. The Bertz CT molecular complexity index is 377. The molecular formula is C14H21NO3. The van der Waals surface area contributed by atoms with Crippen LogP contribution in [0.3, 0.4) is 0 Å². The minimum atomic E-state index is -0.722. The van der Waals surface area contributed by atoms with Gasteiger partial charge in [0.2, 0.25) is 5.91 Å². The molecule has 18 heavy (non-hydrogen) atoms. The number of rotatable bonds is 0. The van der Waals surface area contributed by atoms with E-state index in [-0.39, 0.29) is 17.8 Å². The molecule has 2 saturated carbocycles. The summed E-state index contributed by atoms with van der Waals surface area (Å²) in [7, 11) is 0.